The summed E-state index contributed by atoms with van der Waals surface area (Å²) in [5.74, 6) is 0.914. The number of Topliss-reactive ketones (excluding diaryl/α,β-unsaturated/α-hetero) is 1. The number of carbonyl (C=O) groups excluding carboxylic acids is 2. The molecule has 1 aliphatic rings. The van der Waals surface area contributed by atoms with Crippen LogP contribution in [0, 0.1) is 5.41 Å². The van der Waals surface area contributed by atoms with Crippen LogP contribution < -0.4 is 15.1 Å². The van der Waals surface area contributed by atoms with Crippen molar-refractivity contribution >= 4 is 45.9 Å². The Morgan fingerprint density at radius 3 is 2.49 bits per heavy atom. The Labute approximate surface area is 223 Å². The fraction of sp³-hybridized carbons (Fsp3) is 0.222. The molecule has 0 saturated carbocycles. The van der Waals surface area contributed by atoms with Gasteiger partial charge in [0.1, 0.15) is 0 Å². The normalized spacial score (nSPS) is 12.2. The van der Waals surface area contributed by atoms with Crippen molar-refractivity contribution in [2.45, 2.75) is 19.5 Å². The number of hydrogen-bond donors (Lipinski definition) is 1. The first-order valence-corrected chi connectivity index (χ1v) is 12.4. The number of imidazole rings is 1. The zero-order chi connectivity index (χ0) is 26.1. The molecule has 4 aromatic rings. The standard InChI is InChI=1S/C27H24Cl2N4O4/c1-31(26(35)18-8-11-23-24(14-18)37-16-36-23)12-3-13-32-25-20(29)4-2-5-21(25)33(27(32)30)15-22(34)17-6-9-19(28)10-7-17/h2,4-11,14,30H,3,12-13,15-16H2,1H3. The summed E-state index contributed by atoms with van der Waals surface area (Å²) in [5.41, 5.74) is 2.58. The highest BCUT2D eigenvalue weighted by atomic mass is 35.5. The van der Waals surface area contributed by atoms with Gasteiger partial charge < -0.3 is 23.5 Å². The van der Waals surface area contributed by atoms with Crippen LogP contribution in [0.4, 0.5) is 0 Å². The van der Waals surface area contributed by atoms with Gasteiger partial charge in [-0.3, -0.25) is 15.0 Å². The maximum absolute atomic E-state index is 12.9. The number of aryl methyl sites for hydroxylation is 1. The average Bonchev–Trinajstić information content (AvgIpc) is 3.47. The largest absolute Gasteiger partial charge is 0.454 e. The number of carbonyl (C=O) groups is 2. The number of aromatic nitrogens is 2. The summed E-state index contributed by atoms with van der Waals surface area (Å²) in [6.07, 6.45) is 0.582. The number of nitrogens with one attached hydrogen (secondary N) is 1. The lowest BCUT2D eigenvalue weighted by molar-refractivity contribution is 0.0791. The van der Waals surface area contributed by atoms with Gasteiger partial charge in [-0.15, -0.1) is 0 Å². The molecule has 1 N–H and O–H groups in total. The Hall–Kier alpha value is -3.75. The third-order valence-corrected chi connectivity index (χ3v) is 6.90. The van der Waals surface area contributed by atoms with Crippen molar-refractivity contribution in [2.24, 2.45) is 0 Å². The van der Waals surface area contributed by atoms with Gasteiger partial charge in [0.15, 0.2) is 17.3 Å². The number of para-hydroxylation sites is 1. The van der Waals surface area contributed by atoms with Crippen LogP contribution in [0.2, 0.25) is 10.0 Å². The Balaban J connectivity index is 1.33. The number of halogens is 2. The molecule has 0 aliphatic carbocycles. The minimum Gasteiger partial charge on any atom is -0.454 e. The minimum atomic E-state index is -0.136. The molecule has 0 fully saturated rings. The van der Waals surface area contributed by atoms with E-state index in [9.17, 15) is 9.59 Å². The van der Waals surface area contributed by atoms with Gasteiger partial charge >= 0.3 is 0 Å². The highest BCUT2D eigenvalue weighted by Crippen LogP contribution is 2.32. The zero-order valence-electron chi connectivity index (χ0n) is 20.0. The van der Waals surface area contributed by atoms with Crippen molar-refractivity contribution in [2.75, 3.05) is 20.4 Å². The van der Waals surface area contributed by atoms with Gasteiger partial charge in [-0.2, -0.15) is 0 Å². The predicted octanol–water partition coefficient (Wildman–Crippen LogP) is 5.00. The smallest absolute Gasteiger partial charge is 0.253 e. The molecule has 1 aliphatic heterocycles. The van der Waals surface area contributed by atoms with Gasteiger partial charge in [-0.25, -0.2) is 0 Å². The number of fused-ring (bicyclic) bond motifs is 2. The topological polar surface area (TPSA) is 89.6 Å². The quantitative estimate of drug-likeness (QED) is 0.319. The van der Waals surface area contributed by atoms with E-state index in [1.807, 2.05) is 6.07 Å². The Kier molecular flexibility index (Phi) is 6.95. The van der Waals surface area contributed by atoms with E-state index in [4.69, 9.17) is 38.1 Å². The van der Waals surface area contributed by atoms with E-state index in [-0.39, 0.29) is 30.6 Å². The maximum atomic E-state index is 12.9. The van der Waals surface area contributed by atoms with E-state index >= 15 is 0 Å². The molecule has 5 rings (SSSR count). The number of amides is 1. The molecule has 0 bridgehead atoms. The van der Waals surface area contributed by atoms with Crippen LogP contribution in [0.5, 0.6) is 11.5 Å². The van der Waals surface area contributed by atoms with E-state index in [2.05, 4.69) is 0 Å². The summed E-state index contributed by atoms with van der Waals surface area (Å²) < 4.78 is 14.1. The van der Waals surface area contributed by atoms with E-state index in [0.29, 0.717) is 63.2 Å². The van der Waals surface area contributed by atoms with Gasteiger partial charge in [0.05, 0.1) is 22.6 Å². The van der Waals surface area contributed by atoms with E-state index in [1.165, 1.54) is 0 Å². The van der Waals surface area contributed by atoms with Crippen molar-refractivity contribution in [3.63, 3.8) is 0 Å². The van der Waals surface area contributed by atoms with Crippen LogP contribution in [0.15, 0.2) is 60.7 Å². The molecule has 8 nitrogen and oxygen atoms in total. The molecule has 1 aromatic heterocycles. The molecule has 1 amide bonds. The second-order valence-electron chi connectivity index (χ2n) is 8.75. The number of ketones is 1. The van der Waals surface area contributed by atoms with Crippen molar-refractivity contribution in [3.05, 3.63) is 87.5 Å². The summed E-state index contributed by atoms with van der Waals surface area (Å²) >= 11 is 12.5. The number of ether oxygens (including phenoxy) is 2. The van der Waals surface area contributed by atoms with Crippen molar-refractivity contribution < 1.29 is 19.1 Å². The second-order valence-corrected chi connectivity index (χ2v) is 9.59. The number of nitrogens with zero attached hydrogens (tertiary/aromatic N) is 3. The van der Waals surface area contributed by atoms with Gasteiger partial charge in [-0.1, -0.05) is 29.3 Å². The van der Waals surface area contributed by atoms with Crippen molar-refractivity contribution in [3.8, 4) is 11.5 Å². The molecular weight excluding hydrogens is 515 g/mol. The SMILES string of the molecule is CN(CCCn1c(=N)n(CC(=O)c2ccc(Cl)cc2)c2cccc(Cl)c21)C(=O)c1ccc2c(c1)OCO2. The molecule has 0 saturated heterocycles. The lowest BCUT2D eigenvalue weighted by atomic mass is 10.1. The highest BCUT2D eigenvalue weighted by molar-refractivity contribution is 6.35. The number of benzene rings is 3. The Morgan fingerprint density at radius 2 is 1.70 bits per heavy atom. The summed E-state index contributed by atoms with van der Waals surface area (Å²) in [4.78, 5) is 27.5. The summed E-state index contributed by atoms with van der Waals surface area (Å²) in [5, 5.41) is 9.87. The Morgan fingerprint density at radius 1 is 0.973 bits per heavy atom. The van der Waals surface area contributed by atoms with Crippen LogP contribution >= 0.6 is 23.2 Å². The first-order valence-electron chi connectivity index (χ1n) is 11.7. The van der Waals surface area contributed by atoms with Crippen LogP contribution in [0.1, 0.15) is 27.1 Å². The molecule has 0 spiro atoms. The zero-order valence-corrected chi connectivity index (χ0v) is 21.6. The summed E-state index contributed by atoms with van der Waals surface area (Å²) in [7, 11) is 1.74. The second kappa shape index (κ2) is 10.3. The molecule has 2 heterocycles. The lowest BCUT2D eigenvalue weighted by Crippen LogP contribution is -2.30. The predicted molar refractivity (Wildman–Crippen MR) is 141 cm³/mol. The van der Waals surface area contributed by atoms with Gasteiger partial charge in [0, 0.05) is 36.3 Å². The first-order chi connectivity index (χ1) is 17.8. The van der Waals surface area contributed by atoms with Crippen molar-refractivity contribution in [1.82, 2.24) is 14.0 Å². The average molecular weight is 539 g/mol. The van der Waals surface area contributed by atoms with Crippen LogP contribution in [-0.2, 0) is 13.1 Å². The van der Waals surface area contributed by atoms with Crippen molar-refractivity contribution in [1.29, 1.82) is 5.41 Å². The van der Waals surface area contributed by atoms with Gasteiger partial charge in [-0.05, 0) is 61.0 Å². The molecule has 37 heavy (non-hydrogen) atoms. The van der Waals surface area contributed by atoms with Crippen LogP contribution in [0.3, 0.4) is 0 Å². The molecule has 0 atom stereocenters. The molecule has 3 aromatic carbocycles. The number of hydrogen-bond acceptors (Lipinski definition) is 5. The third kappa shape index (κ3) is 4.95. The molecule has 0 radical (unpaired) electrons. The summed E-state index contributed by atoms with van der Waals surface area (Å²) in [6, 6.07) is 17.2. The van der Waals surface area contributed by atoms with E-state index in [1.54, 1.807) is 75.7 Å². The van der Waals surface area contributed by atoms with Gasteiger partial charge in [0.25, 0.3) is 5.91 Å². The third-order valence-electron chi connectivity index (χ3n) is 6.35. The highest BCUT2D eigenvalue weighted by Gasteiger charge is 2.20. The minimum absolute atomic E-state index is 0.00713. The molecular formula is C27H24Cl2N4O4. The number of rotatable bonds is 8. The van der Waals surface area contributed by atoms with E-state index in [0.717, 1.165) is 0 Å². The van der Waals surface area contributed by atoms with Gasteiger partial charge in [0.2, 0.25) is 12.4 Å². The Bertz CT molecular complexity index is 1560. The van der Waals surface area contributed by atoms with Crippen LogP contribution in [-0.4, -0.2) is 46.1 Å². The van der Waals surface area contributed by atoms with Crippen LogP contribution in [0.25, 0.3) is 11.0 Å². The first kappa shape index (κ1) is 24.9. The lowest BCUT2D eigenvalue weighted by Gasteiger charge is -2.17. The molecule has 190 valence electrons. The fourth-order valence-electron chi connectivity index (χ4n) is 4.42. The maximum Gasteiger partial charge on any atom is 0.253 e. The molecule has 0 unspecified atom stereocenters. The van der Waals surface area contributed by atoms with E-state index < -0.39 is 0 Å². The fourth-order valence-corrected chi connectivity index (χ4v) is 4.82. The molecule has 10 heteroatoms. The summed E-state index contributed by atoms with van der Waals surface area (Å²) in [6.45, 7) is 1.05. The monoisotopic (exact) mass is 538 g/mol.